The number of carbonyl (C=O) groups is 2. The van der Waals surface area contributed by atoms with Crippen LogP contribution in [0.15, 0.2) is 0 Å². The van der Waals surface area contributed by atoms with Crippen LogP contribution in [0.2, 0.25) is 0 Å². The van der Waals surface area contributed by atoms with E-state index in [2.05, 4.69) is 13.8 Å². The fraction of sp³-hybridized carbons (Fsp3) is 0.895. The van der Waals surface area contributed by atoms with Crippen LogP contribution in [0.1, 0.15) is 79.6 Å². The van der Waals surface area contributed by atoms with Crippen molar-refractivity contribution in [1.29, 1.82) is 0 Å². The molecule has 2 aliphatic rings. The number of rotatable bonds is 5. The summed E-state index contributed by atoms with van der Waals surface area (Å²) in [6.07, 6.45) is 6.31. The molecule has 4 nitrogen and oxygen atoms in total. The topological polar surface area (TPSA) is 46.6 Å². The summed E-state index contributed by atoms with van der Waals surface area (Å²) in [6.45, 7) is 10.1. The van der Waals surface area contributed by atoms with Crippen molar-refractivity contribution in [1.82, 2.24) is 4.90 Å². The van der Waals surface area contributed by atoms with Crippen LogP contribution >= 0.6 is 0 Å². The van der Waals surface area contributed by atoms with Crippen molar-refractivity contribution in [3.8, 4) is 0 Å². The molecule has 0 aromatic heterocycles. The van der Waals surface area contributed by atoms with E-state index in [1.54, 1.807) is 0 Å². The molecule has 2 rings (SSSR count). The van der Waals surface area contributed by atoms with Gasteiger partial charge in [-0.3, -0.25) is 4.79 Å². The Kier molecular flexibility index (Phi) is 5.74. The van der Waals surface area contributed by atoms with E-state index in [0.29, 0.717) is 18.1 Å². The number of ketones is 1. The lowest BCUT2D eigenvalue weighted by atomic mass is 9.85. The van der Waals surface area contributed by atoms with Crippen LogP contribution in [0.25, 0.3) is 0 Å². The molecule has 2 unspecified atom stereocenters. The van der Waals surface area contributed by atoms with Crippen LogP contribution in [0.3, 0.4) is 0 Å². The Balaban J connectivity index is 1.89. The number of nitrogens with zero attached hydrogens (tertiary/aromatic N) is 1. The lowest BCUT2D eigenvalue weighted by Crippen LogP contribution is -2.49. The van der Waals surface area contributed by atoms with E-state index in [1.807, 2.05) is 25.7 Å². The number of piperidine rings is 1. The maximum absolute atomic E-state index is 12.5. The van der Waals surface area contributed by atoms with Gasteiger partial charge in [0.25, 0.3) is 0 Å². The van der Waals surface area contributed by atoms with Gasteiger partial charge in [0.2, 0.25) is 0 Å². The molecule has 1 amide bonds. The Hall–Kier alpha value is -1.06. The first kappa shape index (κ1) is 18.3. The predicted molar refractivity (Wildman–Crippen MR) is 91.3 cm³/mol. The molecule has 0 spiro atoms. The van der Waals surface area contributed by atoms with E-state index in [1.165, 1.54) is 0 Å². The molecule has 2 heterocycles. The molecular formula is C19H33NO3. The monoisotopic (exact) mass is 323 g/mol. The van der Waals surface area contributed by atoms with Gasteiger partial charge < -0.3 is 9.64 Å². The van der Waals surface area contributed by atoms with Gasteiger partial charge in [-0.1, -0.05) is 20.3 Å². The first-order valence-electron chi connectivity index (χ1n) is 9.21. The highest BCUT2D eigenvalue weighted by Crippen LogP contribution is 2.40. The van der Waals surface area contributed by atoms with Crippen LogP contribution in [-0.4, -0.2) is 34.5 Å². The summed E-state index contributed by atoms with van der Waals surface area (Å²) in [6, 6.07) is 0.394. The summed E-state index contributed by atoms with van der Waals surface area (Å²) in [5, 5.41) is 0. The number of Topliss-reactive ketones (excluding diaryl/α,β-unsaturated/α-hetero) is 1. The lowest BCUT2D eigenvalue weighted by molar-refractivity contribution is -0.125. The van der Waals surface area contributed by atoms with E-state index in [0.717, 1.165) is 38.5 Å². The fourth-order valence-corrected chi connectivity index (χ4v) is 3.94. The Morgan fingerprint density at radius 3 is 2.17 bits per heavy atom. The number of amides is 1. The molecular weight excluding hydrogens is 290 g/mol. The highest BCUT2D eigenvalue weighted by Gasteiger charge is 2.46. The molecule has 0 N–H and O–H groups in total. The maximum atomic E-state index is 12.5. The van der Waals surface area contributed by atoms with Crippen molar-refractivity contribution in [2.75, 3.05) is 0 Å². The van der Waals surface area contributed by atoms with E-state index < -0.39 is 5.60 Å². The third-order valence-corrected chi connectivity index (χ3v) is 5.00. The number of fused-ring (bicyclic) bond motifs is 2. The van der Waals surface area contributed by atoms with E-state index in [9.17, 15) is 9.59 Å². The zero-order valence-electron chi connectivity index (χ0n) is 15.4. The summed E-state index contributed by atoms with van der Waals surface area (Å²) < 4.78 is 5.55. The summed E-state index contributed by atoms with van der Waals surface area (Å²) >= 11 is 0. The van der Waals surface area contributed by atoms with Gasteiger partial charge in [-0.25, -0.2) is 4.79 Å². The second kappa shape index (κ2) is 7.23. The molecule has 0 radical (unpaired) electrons. The minimum atomic E-state index is -0.458. The number of carbonyl (C=O) groups excluding carboxylic acids is 2. The van der Waals surface area contributed by atoms with Crippen molar-refractivity contribution < 1.29 is 14.3 Å². The van der Waals surface area contributed by atoms with Gasteiger partial charge in [-0.15, -0.1) is 0 Å². The minimum Gasteiger partial charge on any atom is -0.444 e. The molecule has 0 saturated carbocycles. The molecule has 4 heteroatoms. The standard InChI is InChI=1S/C19H33NO3/c1-13(2)7-6-8-17(21)14-11-15-9-10-16(12-14)20(15)18(22)23-19(3,4)5/h13-16H,6-12H2,1-5H3. The van der Waals surface area contributed by atoms with Gasteiger partial charge in [-0.2, -0.15) is 0 Å². The van der Waals surface area contributed by atoms with Crippen LogP contribution in [0.4, 0.5) is 4.79 Å². The Morgan fingerprint density at radius 2 is 1.70 bits per heavy atom. The summed E-state index contributed by atoms with van der Waals surface area (Å²) in [7, 11) is 0. The summed E-state index contributed by atoms with van der Waals surface area (Å²) in [4.78, 5) is 26.8. The van der Waals surface area contributed by atoms with Crippen molar-refractivity contribution in [3.05, 3.63) is 0 Å². The van der Waals surface area contributed by atoms with Gasteiger partial charge >= 0.3 is 6.09 Å². The lowest BCUT2D eigenvalue weighted by Gasteiger charge is -2.39. The first-order chi connectivity index (χ1) is 10.7. The number of ether oxygens (including phenoxy) is 1. The second-order valence-corrected chi connectivity index (χ2v) is 8.69. The van der Waals surface area contributed by atoms with Crippen molar-refractivity contribution in [3.63, 3.8) is 0 Å². The normalized spacial score (nSPS) is 27.4. The van der Waals surface area contributed by atoms with E-state index in [4.69, 9.17) is 4.74 Å². The Bertz CT molecular complexity index is 424. The molecule has 2 aliphatic heterocycles. The molecule has 2 fully saturated rings. The van der Waals surface area contributed by atoms with Crippen molar-refractivity contribution in [2.45, 2.75) is 97.2 Å². The highest BCUT2D eigenvalue weighted by atomic mass is 16.6. The summed E-state index contributed by atoms with van der Waals surface area (Å²) in [5.41, 5.74) is -0.458. The molecule has 2 atom stereocenters. The highest BCUT2D eigenvalue weighted by molar-refractivity contribution is 5.81. The summed E-state index contributed by atoms with van der Waals surface area (Å²) in [5.74, 6) is 1.22. The fourth-order valence-electron chi connectivity index (χ4n) is 3.94. The minimum absolute atomic E-state index is 0.151. The van der Waals surface area contributed by atoms with E-state index >= 15 is 0 Å². The molecule has 23 heavy (non-hydrogen) atoms. The van der Waals surface area contributed by atoms with Gasteiger partial charge in [0.05, 0.1) is 0 Å². The van der Waals surface area contributed by atoms with Crippen LogP contribution in [0.5, 0.6) is 0 Å². The zero-order valence-corrected chi connectivity index (χ0v) is 15.4. The largest absolute Gasteiger partial charge is 0.444 e. The van der Waals surface area contributed by atoms with Crippen molar-refractivity contribution >= 4 is 11.9 Å². The molecule has 0 aromatic carbocycles. The third-order valence-electron chi connectivity index (χ3n) is 5.00. The third kappa shape index (κ3) is 4.95. The quantitative estimate of drug-likeness (QED) is 0.745. The number of hydrogen-bond acceptors (Lipinski definition) is 3. The molecule has 2 bridgehead atoms. The average Bonchev–Trinajstić information content (AvgIpc) is 2.67. The van der Waals surface area contributed by atoms with Gasteiger partial charge in [0.15, 0.2) is 0 Å². The smallest absolute Gasteiger partial charge is 0.410 e. The maximum Gasteiger partial charge on any atom is 0.410 e. The average molecular weight is 323 g/mol. The van der Waals surface area contributed by atoms with Crippen LogP contribution in [0, 0.1) is 11.8 Å². The molecule has 0 aliphatic carbocycles. The predicted octanol–water partition coefficient (Wildman–Crippen LogP) is 4.56. The SMILES string of the molecule is CC(C)CCCC(=O)C1CC2CCC(C1)N2C(=O)OC(C)(C)C. The Labute approximate surface area is 140 Å². The van der Waals surface area contributed by atoms with Crippen molar-refractivity contribution in [2.24, 2.45) is 11.8 Å². The van der Waals surface area contributed by atoms with Gasteiger partial charge in [-0.05, 0) is 58.8 Å². The second-order valence-electron chi connectivity index (χ2n) is 8.69. The van der Waals surface area contributed by atoms with Gasteiger partial charge in [0, 0.05) is 24.4 Å². The Morgan fingerprint density at radius 1 is 1.13 bits per heavy atom. The van der Waals surface area contributed by atoms with E-state index in [-0.39, 0.29) is 24.1 Å². The van der Waals surface area contributed by atoms with Crippen LogP contribution in [-0.2, 0) is 9.53 Å². The van der Waals surface area contributed by atoms with Crippen LogP contribution < -0.4 is 0 Å². The molecule has 2 saturated heterocycles. The zero-order chi connectivity index (χ0) is 17.2. The molecule has 132 valence electrons. The van der Waals surface area contributed by atoms with Gasteiger partial charge in [0.1, 0.15) is 11.4 Å². The first-order valence-corrected chi connectivity index (χ1v) is 9.21. The molecule has 0 aromatic rings. The number of hydrogen-bond donors (Lipinski definition) is 0.